The molecule has 2 heterocycles. The summed E-state index contributed by atoms with van der Waals surface area (Å²) in [6, 6.07) is 9.09. The third-order valence-corrected chi connectivity index (χ3v) is 4.23. The van der Waals surface area contributed by atoms with Gasteiger partial charge in [0.05, 0.1) is 25.3 Å². The predicted molar refractivity (Wildman–Crippen MR) is 92.7 cm³/mol. The van der Waals surface area contributed by atoms with Crippen LogP contribution >= 0.6 is 0 Å². The molecule has 0 bridgehead atoms. The lowest BCUT2D eigenvalue weighted by atomic mass is 10.1. The number of pyridine rings is 1. The van der Waals surface area contributed by atoms with Crippen molar-refractivity contribution in [3.63, 3.8) is 0 Å². The Bertz CT molecular complexity index is 1120. The number of amides is 1. The maximum Gasteiger partial charge on any atom is 0.248 e. The molecule has 0 saturated carbocycles. The van der Waals surface area contributed by atoms with E-state index in [2.05, 4.69) is 9.97 Å². The fraction of sp³-hybridized carbons (Fsp3) is 0.111. The fourth-order valence-corrected chi connectivity index (χ4v) is 3.03. The number of ether oxygens (including phenoxy) is 2. The van der Waals surface area contributed by atoms with Gasteiger partial charge in [-0.2, -0.15) is 0 Å². The Morgan fingerprint density at radius 2 is 1.79 bits per heavy atom. The zero-order chi connectivity index (χ0) is 16.8. The largest absolute Gasteiger partial charge is 0.493 e. The first kappa shape index (κ1) is 14.3. The summed E-state index contributed by atoms with van der Waals surface area (Å²) in [6.07, 6.45) is 1.81. The molecule has 4 aromatic rings. The molecule has 0 unspecified atom stereocenters. The lowest BCUT2D eigenvalue weighted by Crippen LogP contribution is -2.10. The SMILES string of the molecule is COc1cc2ncc3c4ccc(C(N)=O)cc4[nH]c3c2cc1OC. The van der Waals surface area contributed by atoms with Crippen molar-refractivity contribution < 1.29 is 14.3 Å². The van der Waals surface area contributed by atoms with Gasteiger partial charge in [0, 0.05) is 39.5 Å². The molecule has 0 saturated heterocycles. The van der Waals surface area contributed by atoms with Crippen LogP contribution < -0.4 is 15.2 Å². The second kappa shape index (κ2) is 5.13. The van der Waals surface area contributed by atoms with Crippen molar-refractivity contribution in [2.75, 3.05) is 14.2 Å². The van der Waals surface area contributed by atoms with E-state index in [1.807, 2.05) is 24.4 Å². The number of hydrogen-bond donors (Lipinski definition) is 2. The zero-order valence-electron chi connectivity index (χ0n) is 13.2. The number of primary amides is 1. The number of H-pyrrole nitrogens is 1. The van der Waals surface area contributed by atoms with Crippen LogP contribution in [0.4, 0.5) is 0 Å². The number of rotatable bonds is 3. The van der Waals surface area contributed by atoms with Crippen molar-refractivity contribution >= 4 is 38.6 Å². The van der Waals surface area contributed by atoms with Gasteiger partial charge in [-0.3, -0.25) is 9.78 Å². The zero-order valence-corrected chi connectivity index (χ0v) is 13.2. The number of fused-ring (bicyclic) bond motifs is 5. The smallest absolute Gasteiger partial charge is 0.248 e. The van der Waals surface area contributed by atoms with Crippen LogP contribution in [-0.4, -0.2) is 30.1 Å². The minimum Gasteiger partial charge on any atom is -0.493 e. The van der Waals surface area contributed by atoms with E-state index in [0.29, 0.717) is 17.1 Å². The van der Waals surface area contributed by atoms with Gasteiger partial charge >= 0.3 is 0 Å². The number of benzene rings is 2. The minimum absolute atomic E-state index is 0.454. The number of carbonyl (C=O) groups is 1. The Labute approximate surface area is 137 Å². The number of nitrogens with zero attached hydrogens (tertiary/aromatic N) is 1. The molecule has 2 aromatic heterocycles. The Hall–Kier alpha value is -3.28. The molecule has 3 N–H and O–H groups in total. The van der Waals surface area contributed by atoms with E-state index in [1.165, 1.54) is 0 Å². The first-order chi connectivity index (χ1) is 11.6. The molecule has 24 heavy (non-hydrogen) atoms. The maximum absolute atomic E-state index is 11.4. The predicted octanol–water partition coefficient (Wildman–Crippen LogP) is 2.99. The van der Waals surface area contributed by atoms with Crippen molar-refractivity contribution in [3.05, 3.63) is 42.1 Å². The third-order valence-electron chi connectivity index (χ3n) is 4.23. The first-order valence-electron chi connectivity index (χ1n) is 7.38. The number of aromatic nitrogens is 2. The first-order valence-corrected chi connectivity index (χ1v) is 7.38. The molecular weight excluding hydrogens is 306 g/mol. The summed E-state index contributed by atoms with van der Waals surface area (Å²) in [4.78, 5) is 19.3. The summed E-state index contributed by atoms with van der Waals surface area (Å²) in [5, 5.41) is 2.88. The standard InChI is InChI=1S/C18H15N3O3/c1-23-15-6-11-13(7-16(15)24-2)20-8-12-10-4-3-9(18(19)22)5-14(10)21-17(11)12/h3-8,21H,1-2H3,(H2,19,22). The highest BCUT2D eigenvalue weighted by Gasteiger charge is 2.13. The molecule has 0 spiro atoms. The Balaban J connectivity index is 2.09. The summed E-state index contributed by atoms with van der Waals surface area (Å²) in [5.74, 6) is 0.810. The average Bonchev–Trinajstić information content (AvgIpc) is 2.98. The Morgan fingerprint density at radius 1 is 1.04 bits per heavy atom. The highest BCUT2D eigenvalue weighted by Crippen LogP contribution is 2.36. The summed E-state index contributed by atoms with van der Waals surface area (Å²) >= 11 is 0. The molecule has 120 valence electrons. The Morgan fingerprint density at radius 3 is 2.50 bits per heavy atom. The monoisotopic (exact) mass is 321 g/mol. The average molecular weight is 321 g/mol. The van der Waals surface area contributed by atoms with E-state index in [9.17, 15) is 4.79 Å². The minimum atomic E-state index is -0.454. The van der Waals surface area contributed by atoms with Gasteiger partial charge in [0.15, 0.2) is 11.5 Å². The summed E-state index contributed by atoms with van der Waals surface area (Å²) in [7, 11) is 3.19. The van der Waals surface area contributed by atoms with Gasteiger partial charge in [-0.1, -0.05) is 6.07 Å². The highest BCUT2D eigenvalue weighted by atomic mass is 16.5. The van der Waals surface area contributed by atoms with Crippen molar-refractivity contribution in [1.82, 2.24) is 9.97 Å². The fourth-order valence-electron chi connectivity index (χ4n) is 3.03. The molecule has 0 fully saturated rings. The maximum atomic E-state index is 11.4. The molecule has 1 amide bonds. The van der Waals surface area contributed by atoms with Crippen molar-refractivity contribution in [3.8, 4) is 11.5 Å². The quantitative estimate of drug-likeness (QED) is 0.607. The molecule has 0 aliphatic rings. The lowest BCUT2D eigenvalue weighted by molar-refractivity contribution is 0.100. The van der Waals surface area contributed by atoms with Crippen LogP contribution in [0.5, 0.6) is 11.5 Å². The topological polar surface area (TPSA) is 90.2 Å². The summed E-state index contributed by atoms with van der Waals surface area (Å²) < 4.78 is 10.7. The molecule has 0 aliphatic carbocycles. The molecule has 2 aromatic carbocycles. The molecule has 0 radical (unpaired) electrons. The van der Waals surface area contributed by atoms with Crippen molar-refractivity contribution in [1.29, 1.82) is 0 Å². The van der Waals surface area contributed by atoms with Crippen LogP contribution in [0, 0.1) is 0 Å². The van der Waals surface area contributed by atoms with E-state index in [0.717, 1.165) is 32.7 Å². The van der Waals surface area contributed by atoms with Crippen molar-refractivity contribution in [2.45, 2.75) is 0 Å². The lowest BCUT2D eigenvalue weighted by Gasteiger charge is -2.09. The molecule has 6 heteroatoms. The van der Waals surface area contributed by atoms with E-state index in [1.54, 1.807) is 26.4 Å². The van der Waals surface area contributed by atoms with Crippen LogP contribution in [0.25, 0.3) is 32.7 Å². The van der Waals surface area contributed by atoms with Gasteiger partial charge in [-0.25, -0.2) is 0 Å². The molecule has 6 nitrogen and oxygen atoms in total. The van der Waals surface area contributed by atoms with Gasteiger partial charge < -0.3 is 20.2 Å². The molecule has 0 aliphatic heterocycles. The number of methoxy groups -OCH3 is 2. The number of hydrogen-bond acceptors (Lipinski definition) is 4. The van der Waals surface area contributed by atoms with E-state index in [4.69, 9.17) is 15.2 Å². The highest BCUT2D eigenvalue weighted by molar-refractivity contribution is 6.16. The number of nitrogens with two attached hydrogens (primary N) is 1. The molecule has 0 atom stereocenters. The second-order valence-corrected chi connectivity index (χ2v) is 5.52. The van der Waals surface area contributed by atoms with E-state index in [-0.39, 0.29) is 0 Å². The van der Waals surface area contributed by atoms with Gasteiger partial charge in [-0.05, 0) is 18.2 Å². The number of aromatic amines is 1. The summed E-state index contributed by atoms with van der Waals surface area (Å²) in [6.45, 7) is 0. The van der Waals surface area contributed by atoms with Gasteiger partial charge in [-0.15, -0.1) is 0 Å². The summed E-state index contributed by atoms with van der Waals surface area (Å²) in [5.41, 5.74) is 8.39. The van der Waals surface area contributed by atoms with Gasteiger partial charge in [0.1, 0.15) is 0 Å². The molecular formula is C18H15N3O3. The van der Waals surface area contributed by atoms with E-state index >= 15 is 0 Å². The normalized spacial score (nSPS) is 11.2. The van der Waals surface area contributed by atoms with Crippen LogP contribution in [-0.2, 0) is 0 Å². The Kier molecular flexibility index (Phi) is 3.06. The third kappa shape index (κ3) is 1.96. The van der Waals surface area contributed by atoms with Crippen molar-refractivity contribution in [2.24, 2.45) is 5.73 Å². The second-order valence-electron chi connectivity index (χ2n) is 5.52. The van der Waals surface area contributed by atoms with Crippen LogP contribution in [0.15, 0.2) is 36.5 Å². The van der Waals surface area contributed by atoms with Crippen LogP contribution in [0.2, 0.25) is 0 Å². The van der Waals surface area contributed by atoms with Gasteiger partial charge in [0.2, 0.25) is 5.91 Å². The van der Waals surface area contributed by atoms with Crippen LogP contribution in [0.3, 0.4) is 0 Å². The van der Waals surface area contributed by atoms with E-state index < -0.39 is 5.91 Å². The van der Waals surface area contributed by atoms with Gasteiger partial charge in [0.25, 0.3) is 0 Å². The van der Waals surface area contributed by atoms with Crippen LogP contribution in [0.1, 0.15) is 10.4 Å². The molecule has 4 rings (SSSR count). The number of carbonyl (C=O) groups excluding carboxylic acids is 1. The number of nitrogens with one attached hydrogen (secondary N) is 1.